The Balaban J connectivity index is 0.00000171. The van der Waals surface area contributed by atoms with Gasteiger partial charge in [0.15, 0.2) is 0 Å². The van der Waals surface area contributed by atoms with Crippen LogP contribution in [0.1, 0.15) is 36.6 Å². The molecular weight excluding hydrogens is 435 g/mol. The second-order valence-electron chi connectivity index (χ2n) is 8.16. The summed E-state index contributed by atoms with van der Waals surface area (Å²) < 4.78 is 1.74. The van der Waals surface area contributed by atoms with Crippen molar-refractivity contribution < 1.29 is 4.79 Å². The van der Waals surface area contributed by atoms with E-state index in [2.05, 4.69) is 53.6 Å². The normalized spacial score (nSPS) is 21.2. The molecule has 2 N–H and O–H groups in total. The van der Waals surface area contributed by atoms with Gasteiger partial charge in [0, 0.05) is 62.0 Å². The van der Waals surface area contributed by atoms with Crippen LogP contribution in [0.3, 0.4) is 0 Å². The predicted octanol–water partition coefficient (Wildman–Crippen LogP) is 2.89. The van der Waals surface area contributed by atoms with E-state index in [1.54, 1.807) is 16.7 Å². The van der Waals surface area contributed by atoms with Gasteiger partial charge in [-0.05, 0) is 44.0 Å². The van der Waals surface area contributed by atoms with E-state index in [0.717, 1.165) is 38.3 Å². The maximum Gasteiger partial charge on any atom is 0.251 e. The average molecular weight is 467 g/mol. The largest absolute Gasteiger partial charge is 0.370 e. The molecule has 3 atom stereocenters. The van der Waals surface area contributed by atoms with Gasteiger partial charge >= 0.3 is 0 Å². The highest BCUT2D eigenvalue weighted by Gasteiger charge is 2.41. The molecule has 0 aliphatic carbocycles. The first kappa shape index (κ1) is 25.2. The lowest BCUT2D eigenvalue weighted by molar-refractivity contribution is -0.126. The number of likely N-dealkylation sites (N-methyl/N-ethyl adjacent to an activating group) is 1. The van der Waals surface area contributed by atoms with Crippen LogP contribution in [0, 0.1) is 12.8 Å². The molecule has 1 aromatic carbocycles. The number of amides is 1. The molecule has 4 rings (SSSR count). The third kappa shape index (κ3) is 5.25. The molecule has 0 spiro atoms. The molecule has 2 aliphatic rings. The number of anilines is 1. The zero-order valence-corrected chi connectivity index (χ0v) is 19.7. The van der Waals surface area contributed by atoms with Crippen LogP contribution >= 0.6 is 24.8 Å². The second kappa shape index (κ2) is 11.0. The first-order valence-corrected chi connectivity index (χ1v) is 10.6. The summed E-state index contributed by atoms with van der Waals surface area (Å²) in [5.41, 5.74) is 3.30. The molecule has 8 heteroatoms. The van der Waals surface area contributed by atoms with Gasteiger partial charge in [-0.3, -0.25) is 14.2 Å². The zero-order chi connectivity index (χ0) is 20.4. The number of piperidine rings is 1. The third-order valence-electron chi connectivity index (χ3n) is 6.25. The second-order valence-corrected chi connectivity index (χ2v) is 8.16. The Bertz CT molecular complexity index is 949. The van der Waals surface area contributed by atoms with Crippen LogP contribution in [0.25, 0.3) is 0 Å². The molecule has 6 nitrogen and oxygen atoms in total. The van der Waals surface area contributed by atoms with E-state index >= 15 is 0 Å². The molecule has 1 saturated heterocycles. The SMILES string of the molecule is CCN(CCNC(=O)[C@H]1[C@@H]2CNC[C@@H](C2)c2cccc(=O)n21)c1cccc(C)c1.Cl.Cl. The van der Waals surface area contributed by atoms with Crippen molar-refractivity contribution in [2.45, 2.75) is 32.2 Å². The van der Waals surface area contributed by atoms with E-state index in [-0.39, 0.29) is 42.2 Å². The summed E-state index contributed by atoms with van der Waals surface area (Å²) in [5.74, 6) is 0.413. The number of hydrogen-bond donors (Lipinski definition) is 2. The van der Waals surface area contributed by atoms with Gasteiger partial charge in [-0.25, -0.2) is 0 Å². The number of hydrogen-bond acceptors (Lipinski definition) is 4. The number of nitrogens with zero attached hydrogens (tertiary/aromatic N) is 2. The highest BCUT2D eigenvalue weighted by atomic mass is 35.5. The summed E-state index contributed by atoms with van der Waals surface area (Å²) >= 11 is 0. The molecule has 2 bridgehead atoms. The summed E-state index contributed by atoms with van der Waals surface area (Å²) in [4.78, 5) is 28.0. The number of benzene rings is 1. The first-order chi connectivity index (χ1) is 14.1. The Morgan fingerprint density at radius 1 is 1.19 bits per heavy atom. The number of rotatable bonds is 6. The monoisotopic (exact) mass is 466 g/mol. The Morgan fingerprint density at radius 3 is 2.71 bits per heavy atom. The van der Waals surface area contributed by atoms with Gasteiger partial charge in [0.1, 0.15) is 6.04 Å². The zero-order valence-electron chi connectivity index (χ0n) is 18.0. The van der Waals surface area contributed by atoms with Crippen molar-refractivity contribution in [3.63, 3.8) is 0 Å². The van der Waals surface area contributed by atoms with Gasteiger partial charge in [0.2, 0.25) is 5.91 Å². The number of fused-ring (bicyclic) bond motifs is 4. The highest BCUT2D eigenvalue weighted by molar-refractivity contribution is 5.85. The predicted molar refractivity (Wildman–Crippen MR) is 130 cm³/mol. The number of halogens is 2. The first-order valence-electron chi connectivity index (χ1n) is 10.6. The Kier molecular flexibility index (Phi) is 8.98. The maximum atomic E-state index is 13.2. The van der Waals surface area contributed by atoms with Gasteiger partial charge in [-0.1, -0.05) is 18.2 Å². The van der Waals surface area contributed by atoms with Gasteiger partial charge in [-0.2, -0.15) is 0 Å². The van der Waals surface area contributed by atoms with Crippen LogP contribution in [-0.4, -0.2) is 43.2 Å². The minimum absolute atomic E-state index is 0. The summed E-state index contributed by atoms with van der Waals surface area (Å²) in [5, 5.41) is 6.54. The summed E-state index contributed by atoms with van der Waals surface area (Å²) in [6.45, 7) is 8.02. The van der Waals surface area contributed by atoms with Gasteiger partial charge < -0.3 is 15.5 Å². The molecule has 0 unspecified atom stereocenters. The average Bonchev–Trinajstić information content (AvgIpc) is 2.72. The van der Waals surface area contributed by atoms with Crippen LogP contribution < -0.4 is 21.1 Å². The van der Waals surface area contributed by atoms with Gasteiger partial charge in [0.05, 0.1) is 0 Å². The molecule has 3 heterocycles. The van der Waals surface area contributed by atoms with E-state index in [1.807, 2.05) is 6.07 Å². The van der Waals surface area contributed by atoms with Crippen molar-refractivity contribution in [2.24, 2.45) is 5.92 Å². The molecule has 1 aromatic heterocycles. The molecular formula is C23H32Cl2N4O2. The fourth-order valence-corrected chi connectivity index (χ4v) is 4.84. The van der Waals surface area contributed by atoms with E-state index in [0.29, 0.717) is 12.5 Å². The Labute approximate surface area is 196 Å². The minimum Gasteiger partial charge on any atom is -0.370 e. The fraction of sp³-hybridized carbons (Fsp3) is 0.478. The molecule has 1 fully saturated rings. The summed E-state index contributed by atoms with van der Waals surface area (Å²) in [6, 6.07) is 13.3. The van der Waals surface area contributed by atoms with Crippen molar-refractivity contribution in [3.05, 3.63) is 64.1 Å². The van der Waals surface area contributed by atoms with Crippen LogP contribution in [0.2, 0.25) is 0 Å². The Morgan fingerprint density at radius 2 is 1.97 bits per heavy atom. The fourth-order valence-electron chi connectivity index (χ4n) is 4.84. The number of carbonyl (C=O) groups is 1. The number of carbonyl (C=O) groups excluding carboxylic acids is 1. The molecule has 2 aliphatic heterocycles. The lowest BCUT2D eigenvalue weighted by Gasteiger charge is -2.42. The van der Waals surface area contributed by atoms with Crippen molar-refractivity contribution in [1.29, 1.82) is 0 Å². The van der Waals surface area contributed by atoms with E-state index in [1.165, 1.54) is 11.3 Å². The number of aromatic nitrogens is 1. The Hall–Kier alpha value is -2.02. The smallest absolute Gasteiger partial charge is 0.251 e. The van der Waals surface area contributed by atoms with Gasteiger partial charge in [0.25, 0.3) is 5.56 Å². The maximum absolute atomic E-state index is 13.2. The molecule has 31 heavy (non-hydrogen) atoms. The van der Waals surface area contributed by atoms with E-state index in [4.69, 9.17) is 0 Å². The molecule has 2 aromatic rings. The standard InChI is InChI=1S/C23H30N4O2.2ClH/c1-3-26(19-7-4-6-16(2)12-19)11-10-25-23(29)22-18-13-17(14-24-15-18)20-8-5-9-21(28)27(20)22;;/h4-9,12,17-18,22,24H,3,10-11,13-15H2,1-2H3,(H,25,29);2*1H/t17-,18+,22-;;/m1../s1. The van der Waals surface area contributed by atoms with Crippen LogP contribution in [0.4, 0.5) is 5.69 Å². The summed E-state index contributed by atoms with van der Waals surface area (Å²) in [7, 11) is 0. The lowest BCUT2D eigenvalue weighted by Crippen LogP contribution is -2.52. The topological polar surface area (TPSA) is 66.4 Å². The van der Waals surface area contributed by atoms with E-state index < -0.39 is 6.04 Å². The van der Waals surface area contributed by atoms with Crippen LogP contribution in [0.5, 0.6) is 0 Å². The third-order valence-corrected chi connectivity index (χ3v) is 6.25. The van der Waals surface area contributed by atoms with Crippen molar-refractivity contribution in [2.75, 3.05) is 37.6 Å². The van der Waals surface area contributed by atoms with Crippen molar-refractivity contribution >= 4 is 36.4 Å². The molecule has 1 amide bonds. The quantitative estimate of drug-likeness (QED) is 0.686. The van der Waals surface area contributed by atoms with Crippen LogP contribution in [0.15, 0.2) is 47.3 Å². The number of aryl methyl sites for hydroxylation is 1. The number of nitrogens with one attached hydrogen (secondary N) is 2. The minimum atomic E-state index is -0.434. The van der Waals surface area contributed by atoms with Crippen molar-refractivity contribution in [3.8, 4) is 0 Å². The number of pyridine rings is 1. The van der Waals surface area contributed by atoms with E-state index in [9.17, 15) is 9.59 Å². The van der Waals surface area contributed by atoms with Gasteiger partial charge in [-0.15, -0.1) is 24.8 Å². The molecule has 170 valence electrons. The highest BCUT2D eigenvalue weighted by Crippen LogP contribution is 2.38. The van der Waals surface area contributed by atoms with Crippen LogP contribution in [-0.2, 0) is 4.79 Å². The lowest BCUT2D eigenvalue weighted by atomic mass is 9.79. The molecule has 0 saturated carbocycles. The summed E-state index contributed by atoms with van der Waals surface area (Å²) in [6.07, 6.45) is 0.957. The van der Waals surface area contributed by atoms with Crippen molar-refractivity contribution in [1.82, 2.24) is 15.2 Å². The molecule has 0 radical (unpaired) electrons.